The Morgan fingerprint density at radius 3 is 2.19 bits per heavy atom. The van der Waals surface area contributed by atoms with Gasteiger partial charge in [-0.1, -0.05) is 73.5 Å². The lowest BCUT2D eigenvalue weighted by molar-refractivity contribution is -0.140. The summed E-state index contributed by atoms with van der Waals surface area (Å²) in [6.07, 6.45) is 1.71. The number of nitrogens with one attached hydrogen (secondary N) is 1. The van der Waals surface area contributed by atoms with Crippen molar-refractivity contribution in [3.05, 3.63) is 125 Å². The standard InChI is InChI=1S/C36H39ClFN3O5S/c1-3-5-23-39-36(43)34(24-27-11-7-6-8-12-27)40(25-28-13-9-10-14-33(28)38)35(42)26-41(30-17-19-31(20-18-30)46-4-2)47(44,45)32-21-15-29(37)16-22-32/h6-22,34H,3-5,23-26H2,1-2H3,(H,39,43)/t34-/m0/s1. The Morgan fingerprint density at radius 2 is 1.55 bits per heavy atom. The number of unbranched alkanes of at least 4 members (excludes halogenated alkanes) is 1. The Bertz CT molecular complexity index is 1720. The number of amides is 2. The summed E-state index contributed by atoms with van der Waals surface area (Å²) in [5, 5.41) is 3.27. The Kier molecular flexibility index (Phi) is 12.8. The molecule has 0 saturated carbocycles. The van der Waals surface area contributed by atoms with Gasteiger partial charge in [-0.15, -0.1) is 0 Å². The largest absolute Gasteiger partial charge is 0.494 e. The molecule has 11 heteroatoms. The summed E-state index contributed by atoms with van der Waals surface area (Å²) in [6.45, 7) is 3.71. The molecule has 1 atom stereocenters. The number of carbonyl (C=O) groups excluding carboxylic acids is 2. The van der Waals surface area contributed by atoms with Gasteiger partial charge < -0.3 is 15.0 Å². The minimum atomic E-state index is -4.32. The van der Waals surface area contributed by atoms with E-state index in [1.165, 1.54) is 41.3 Å². The van der Waals surface area contributed by atoms with Gasteiger partial charge in [-0.05, 0) is 73.5 Å². The Balaban J connectivity index is 1.80. The quantitative estimate of drug-likeness (QED) is 0.134. The normalized spacial score (nSPS) is 11.8. The number of ether oxygens (including phenoxy) is 1. The van der Waals surface area contributed by atoms with Crippen LogP contribution >= 0.6 is 11.6 Å². The molecule has 0 radical (unpaired) electrons. The maximum Gasteiger partial charge on any atom is 0.264 e. The molecule has 0 bridgehead atoms. The van der Waals surface area contributed by atoms with Gasteiger partial charge in [0, 0.05) is 30.1 Å². The minimum absolute atomic E-state index is 0.0811. The van der Waals surface area contributed by atoms with Crippen LogP contribution in [0.25, 0.3) is 0 Å². The smallest absolute Gasteiger partial charge is 0.264 e. The molecule has 0 saturated heterocycles. The zero-order chi connectivity index (χ0) is 33.8. The first-order valence-electron chi connectivity index (χ1n) is 15.5. The lowest BCUT2D eigenvalue weighted by Crippen LogP contribution is -2.53. The molecule has 4 aromatic carbocycles. The molecule has 0 aromatic heterocycles. The van der Waals surface area contributed by atoms with Gasteiger partial charge in [0.15, 0.2) is 0 Å². The van der Waals surface area contributed by atoms with E-state index >= 15 is 4.39 Å². The summed E-state index contributed by atoms with van der Waals surface area (Å²) in [5.41, 5.74) is 1.18. The highest BCUT2D eigenvalue weighted by Gasteiger charge is 2.35. The summed E-state index contributed by atoms with van der Waals surface area (Å²) in [5.74, 6) is -1.13. The topological polar surface area (TPSA) is 96.0 Å². The van der Waals surface area contributed by atoms with Crippen molar-refractivity contribution in [3.8, 4) is 5.75 Å². The second-order valence-corrected chi connectivity index (χ2v) is 13.2. The molecule has 0 heterocycles. The van der Waals surface area contributed by atoms with Crippen LogP contribution in [-0.4, -0.2) is 50.9 Å². The summed E-state index contributed by atoms with van der Waals surface area (Å²) in [4.78, 5) is 29.5. The number of rotatable bonds is 16. The van der Waals surface area contributed by atoms with Gasteiger partial charge in [-0.25, -0.2) is 12.8 Å². The molecule has 0 aliphatic carbocycles. The predicted molar refractivity (Wildman–Crippen MR) is 182 cm³/mol. The van der Waals surface area contributed by atoms with Crippen molar-refractivity contribution in [2.45, 2.75) is 50.6 Å². The maximum absolute atomic E-state index is 15.1. The number of hydrogen-bond acceptors (Lipinski definition) is 5. The summed E-state index contributed by atoms with van der Waals surface area (Å²) in [6, 6.07) is 26.1. The van der Waals surface area contributed by atoms with Crippen LogP contribution in [0.4, 0.5) is 10.1 Å². The van der Waals surface area contributed by atoms with Crippen LogP contribution in [0.1, 0.15) is 37.8 Å². The number of halogens is 2. The molecule has 0 fully saturated rings. The highest BCUT2D eigenvalue weighted by atomic mass is 35.5. The summed E-state index contributed by atoms with van der Waals surface area (Å²) < 4.78 is 49.9. The van der Waals surface area contributed by atoms with Crippen LogP contribution in [0.15, 0.2) is 108 Å². The van der Waals surface area contributed by atoms with Crippen molar-refractivity contribution in [2.75, 3.05) is 24.0 Å². The fourth-order valence-electron chi connectivity index (χ4n) is 5.01. The molecular formula is C36H39ClFN3O5S. The molecule has 4 rings (SSSR count). The fraction of sp³-hybridized carbons (Fsp3) is 0.278. The molecule has 248 valence electrons. The van der Waals surface area contributed by atoms with Gasteiger partial charge in [0.1, 0.15) is 24.2 Å². The monoisotopic (exact) mass is 679 g/mol. The van der Waals surface area contributed by atoms with E-state index in [9.17, 15) is 18.0 Å². The van der Waals surface area contributed by atoms with Crippen LogP contribution in [-0.2, 0) is 32.6 Å². The van der Waals surface area contributed by atoms with Crippen molar-refractivity contribution in [2.24, 2.45) is 0 Å². The third-order valence-corrected chi connectivity index (χ3v) is 9.56. The van der Waals surface area contributed by atoms with Crippen molar-refractivity contribution < 1.29 is 27.1 Å². The zero-order valence-corrected chi connectivity index (χ0v) is 28.0. The molecule has 1 N–H and O–H groups in total. The molecule has 47 heavy (non-hydrogen) atoms. The molecular weight excluding hydrogens is 641 g/mol. The van der Waals surface area contributed by atoms with Crippen molar-refractivity contribution in [1.29, 1.82) is 0 Å². The molecule has 8 nitrogen and oxygen atoms in total. The molecule has 0 spiro atoms. The number of hydrogen-bond donors (Lipinski definition) is 1. The van der Waals surface area contributed by atoms with Crippen molar-refractivity contribution >= 4 is 39.1 Å². The predicted octanol–water partition coefficient (Wildman–Crippen LogP) is 6.63. The van der Waals surface area contributed by atoms with E-state index in [4.69, 9.17) is 16.3 Å². The number of benzene rings is 4. The number of nitrogens with zero attached hydrogens (tertiary/aromatic N) is 2. The van der Waals surface area contributed by atoms with Gasteiger partial charge in [0.25, 0.3) is 10.0 Å². The molecule has 0 aliphatic heterocycles. The average Bonchev–Trinajstić information content (AvgIpc) is 3.07. The van der Waals surface area contributed by atoms with Gasteiger partial charge in [-0.2, -0.15) is 0 Å². The van der Waals surface area contributed by atoms with Crippen LogP contribution in [0.2, 0.25) is 5.02 Å². The van der Waals surface area contributed by atoms with E-state index in [2.05, 4.69) is 5.32 Å². The first-order valence-corrected chi connectivity index (χ1v) is 17.3. The number of sulfonamides is 1. The zero-order valence-electron chi connectivity index (χ0n) is 26.4. The van der Waals surface area contributed by atoms with Gasteiger partial charge >= 0.3 is 0 Å². The van der Waals surface area contributed by atoms with Crippen LogP contribution in [0, 0.1) is 5.82 Å². The number of anilines is 1. The second-order valence-electron chi connectivity index (χ2n) is 10.9. The minimum Gasteiger partial charge on any atom is -0.494 e. The molecule has 2 amide bonds. The highest BCUT2D eigenvalue weighted by molar-refractivity contribution is 7.92. The first-order chi connectivity index (χ1) is 22.6. The van der Waals surface area contributed by atoms with Crippen molar-refractivity contribution in [3.63, 3.8) is 0 Å². The van der Waals surface area contributed by atoms with Crippen LogP contribution in [0.3, 0.4) is 0 Å². The van der Waals surface area contributed by atoms with E-state index in [0.717, 1.165) is 22.7 Å². The van der Waals surface area contributed by atoms with E-state index in [-0.39, 0.29) is 29.1 Å². The third-order valence-electron chi connectivity index (χ3n) is 7.52. The Labute approximate surface area is 281 Å². The molecule has 0 aliphatic rings. The van der Waals surface area contributed by atoms with Gasteiger partial charge in [0.05, 0.1) is 17.2 Å². The number of carbonyl (C=O) groups is 2. The van der Waals surface area contributed by atoms with Crippen LogP contribution < -0.4 is 14.4 Å². The van der Waals surface area contributed by atoms with E-state index < -0.39 is 40.2 Å². The molecule has 4 aromatic rings. The Hall–Kier alpha value is -4.41. The highest BCUT2D eigenvalue weighted by Crippen LogP contribution is 2.28. The van der Waals surface area contributed by atoms with E-state index in [1.807, 2.05) is 44.2 Å². The van der Waals surface area contributed by atoms with Gasteiger partial charge in [-0.3, -0.25) is 13.9 Å². The molecule has 0 unspecified atom stereocenters. The van der Waals surface area contributed by atoms with E-state index in [1.54, 1.807) is 36.4 Å². The third kappa shape index (κ3) is 9.56. The van der Waals surface area contributed by atoms with Gasteiger partial charge in [0.2, 0.25) is 11.8 Å². The van der Waals surface area contributed by atoms with E-state index in [0.29, 0.717) is 23.9 Å². The lowest BCUT2D eigenvalue weighted by Gasteiger charge is -2.34. The SMILES string of the molecule is CCCCNC(=O)[C@H](Cc1ccccc1)N(Cc1ccccc1F)C(=O)CN(c1ccc(OCC)cc1)S(=O)(=O)c1ccc(Cl)cc1. The first kappa shape index (κ1) is 35.4. The average molecular weight is 680 g/mol. The van der Waals surface area contributed by atoms with Crippen LogP contribution in [0.5, 0.6) is 5.75 Å². The summed E-state index contributed by atoms with van der Waals surface area (Å²) >= 11 is 6.05. The maximum atomic E-state index is 15.1. The lowest BCUT2D eigenvalue weighted by atomic mass is 10.0. The second kappa shape index (κ2) is 16.9. The fourth-order valence-corrected chi connectivity index (χ4v) is 6.55. The Morgan fingerprint density at radius 1 is 0.894 bits per heavy atom. The summed E-state index contributed by atoms with van der Waals surface area (Å²) in [7, 11) is -4.32. The van der Waals surface area contributed by atoms with Crippen molar-refractivity contribution in [1.82, 2.24) is 10.2 Å².